The third kappa shape index (κ3) is 18.1. The Morgan fingerprint density at radius 3 is 2.27 bits per heavy atom. The number of hydrogen-bond acceptors (Lipinski definition) is 0. The molecule has 0 unspecified atom stereocenters. The fourth-order valence-corrected chi connectivity index (χ4v) is 0.692. The third-order valence-corrected chi connectivity index (χ3v) is 1.23. The van der Waals surface area contributed by atoms with Gasteiger partial charge in [0.15, 0.2) is 0 Å². The van der Waals surface area contributed by atoms with Crippen LogP contribution >= 0.6 is 0 Å². The molecule has 2 heteroatoms. The fourth-order valence-electron chi connectivity index (χ4n) is 0.692. The van der Waals surface area contributed by atoms with E-state index in [1.807, 2.05) is 6.92 Å². The van der Waals surface area contributed by atoms with Crippen LogP contribution in [-0.2, 0) is 0 Å². The Labute approximate surface area is 97.4 Å². The maximum Gasteiger partial charge on any atom is 2.00 e. The quantitative estimate of drug-likeness (QED) is 0.261. The molecule has 0 rings (SSSR count). The predicted octanol–water partition coefficient (Wildman–Crippen LogP) is -0.583. The molecule has 11 heavy (non-hydrogen) atoms. The predicted molar refractivity (Wildman–Crippen MR) is 47.6 cm³/mol. The number of hydrogen-bond donors (Lipinski definition) is 0. The van der Waals surface area contributed by atoms with Gasteiger partial charge < -0.3 is 23.9 Å². The smallest absolute Gasteiger partial charge is 1.00 e. The second-order valence-electron chi connectivity index (χ2n) is 2.09. The molecule has 0 atom stereocenters. The Bertz CT molecular complexity index is 102. The molecule has 0 aliphatic carbocycles. The molecule has 0 amide bonds. The topological polar surface area (TPSA) is 0 Å². The van der Waals surface area contributed by atoms with Gasteiger partial charge >= 0.3 is 23.1 Å². The third-order valence-electron chi connectivity index (χ3n) is 1.23. The largest absolute Gasteiger partial charge is 2.00 e. The van der Waals surface area contributed by atoms with Crippen LogP contribution in [0.4, 0.5) is 0 Å². The summed E-state index contributed by atoms with van der Waals surface area (Å²) in [6.07, 6.45) is 5.93. The van der Waals surface area contributed by atoms with Crippen LogP contribution in [0.3, 0.4) is 0 Å². The van der Waals surface area contributed by atoms with Crippen molar-refractivity contribution in [3.05, 3.63) is 6.92 Å². The molecule has 60 valence electrons. The summed E-state index contributed by atoms with van der Waals surface area (Å²) in [5.74, 6) is 5.92. The number of rotatable bonds is 4. The summed E-state index contributed by atoms with van der Waals surface area (Å²) in [5.41, 5.74) is 0. The molecule has 0 aromatic heterocycles. The van der Waals surface area contributed by atoms with E-state index in [0.29, 0.717) is 0 Å². The maximum absolute atomic E-state index is 3.77. The first-order valence-electron chi connectivity index (χ1n) is 3.60. The Morgan fingerprint density at radius 2 is 1.82 bits per heavy atom. The van der Waals surface area contributed by atoms with Crippen LogP contribution in [-0.4, -0.2) is 23.1 Å². The first-order chi connectivity index (χ1) is 4.41. The van der Waals surface area contributed by atoms with Gasteiger partial charge in [0, 0.05) is 6.42 Å². The molecule has 0 aromatic rings. The van der Waals surface area contributed by atoms with E-state index in [-0.39, 0.29) is 40.0 Å². The summed E-state index contributed by atoms with van der Waals surface area (Å²) in [4.78, 5) is 0. The minimum atomic E-state index is 0. The van der Waals surface area contributed by atoms with Crippen molar-refractivity contribution in [1.82, 2.24) is 0 Å². The summed E-state index contributed by atoms with van der Waals surface area (Å²) in [6.45, 7) is 5.66. The van der Waals surface area contributed by atoms with E-state index in [1.54, 1.807) is 0 Å². The van der Waals surface area contributed by atoms with Gasteiger partial charge in [-0.05, 0) is 13.3 Å². The van der Waals surface area contributed by atoms with Crippen molar-refractivity contribution in [2.24, 2.45) is 0 Å². The van der Waals surface area contributed by atoms with Crippen molar-refractivity contribution < 1.29 is 17.0 Å². The van der Waals surface area contributed by atoms with Crippen LogP contribution < -0.4 is 17.0 Å². The minimum absolute atomic E-state index is 0. The summed E-state index contributed by atoms with van der Waals surface area (Å²) in [5, 5.41) is 0. The van der Waals surface area contributed by atoms with Gasteiger partial charge in [0.25, 0.3) is 0 Å². The fraction of sp³-hybridized carbons (Fsp3) is 0.667. The molecule has 0 saturated heterocycles. The molecule has 0 aliphatic rings. The van der Waals surface area contributed by atoms with Gasteiger partial charge in [0.2, 0.25) is 0 Å². The van der Waals surface area contributed by atoms with E-state index in [0.717, 1.165) is 12.8 Å². The van der Waals surface area contributed by atoms with Crippen LogP contribution in [0.1, 0.15) is 39.0 Å². The molecule has 0 aliphatic heterocycles. The van der Waals surface area contributed by atoms with E-state index in [2.05, 4.69) is 18.8 Å². The zero-order chi connectivity index (χ0) is 6.95. The van der Waals surface area contributed by atoms with Gasteiger partial charge in [-0.2, -0.15) is 6.42 Å². The van der Waals surface area contributed by atoms with E-state index in [9.17, 15) is 0 Å². The average molecular weight is 227 g/mol. The zero-order valence-electron chi connectivity index (χ0n) is 7.33. The summed E-state index contributed by atoms with van der Waals surface area (Å²) in [7, 11) is 0. The molecule has 0 heterocycles. The molecule has 0 spiro atoms. The molecule has 0 saturated carbocycles. The SMILES string of the molecule is [Br-].[CH2-]CCCCCC#CC.[Mg+2]. The second-order valence-corrected chi connectivity index (χ2v) is 2.09. The van der Waals surface area contributed by atoms with E-state index >= 15 is 0 Å². The zero-order valence-corrected chi connectivity index (χ0v) is 10.3. The van der Waals surface area contributed by atoms with Crippen molar-refractivity contribution in [2.45, 2.75) is 39.0 Å². The maximum atomic E-state index is 3.77. The summed E-state index contributed by atoms with van der Waals surface area (Å²) in [6, 6.07) is 0. The minimum Gasteiger partial charge on any atom is -1.00 e. The van der Waals surface area contributed by atoms with Gasteiger partial charge in [0.1, 0.15) is 0 Å². The number of halogens is 1. The molecule has 0 N–H and O–H groups in total. The van der Waals surface area contributed by atoms with Crippen molar-refractivity contribution in [1.29, 1.82) is 0 Å². The molecule has 0 radical (unpaired) electrons. The summed E-state index contributed by atoms with van der Waals surface area (Å²) >= 11 is 0. The van der Waals surface area contributed by atoms with E-state index in [4.69, 9.17) is 0 Å². The van der Waals surface area contributed by atoms with E-state index < -0.39 is 0 Å². The molecule has 0 fully saturated rings. The number of unbranched alkanes of at least 4 members (excludes halogenated alkanes) is 4. The van der Waals surface area contributed by atoms with Gasteiger partial charge in [-0.3, -0.25) is 0 Å². The van der Waals surface area contributed by atoms with Crippen molar-refractivity contribution in [2.75, 3.05) is 0 Å². The molecule has 0 bridgehead atoms. The van der Waals surface area contributed by atoms with Crippen molar-refractivity contribution in [3.63, 3.8) is 0 Å². The molecule has 0 nitrogen and oxygen atoms in total. The first kappa shape index (κ1) is 17.8. The monoisotopic (exact) mass is 226 g/mol. The first-order valence-corrected chi connectivity index (χ1v) is 3.60. The normalized spacial score (nSPS) is 6.73. The van der Waals surface area contributed by atoms with Gasteiger partial charge in [-0.1, -0.05) is 12.8 Å². The molecular weight excluding hydrogens is 212 g/mol. The van der Waals surface area contributed by atoms with Gasteiger partial charge in [-0.15, -0.1) is 11.8 Å². The van der Waals surface area contributed by atoms with Crippen LogP contribution in [0.5, 0.6) is 0 Å². The second kappa shape index (κ2) is 17.1. The van der Waals surface area contributed by atoms with Crippen molar-refractivity contribution in [3.8, 4) is 11.8 Å². The van der Waals surface area contributed by atoms with Gasteiger partial charge in [-0.25, -0.2) is 0 Å². The molecule has 0 aromatic carbocycles. The Morgan fingerprint density at radius 1 is 1.18 bits per heavy atom. The van der Waals surface area contributed by atoms with E-state index in [1.165, 1.54) is 19.3 Å². The van der Waals surface area contributed by atoms with Crippen molar-refractivity contribution >= 4 is 23.1 Å². The van der Waals surface area contributed by atoms with Gasteiger partial charge in [0.05, 0.1) is 0 Å². The van der Waals surface area contributed by atoms with Crippen LogP contribution in [0.25, 0.3) is 0 Å². The standard InChI is InChI=1S/C9H15.BrH.Mg/c1-3-5-7-9-8-6-4-2;;/h1,3,5,7-9H2,2H3;1H;/q-1;;+2/p-1. The van der Waals surface area contributed by atoms with Crippen LogP contribution in [0, 0.1) is 18.8 Å². The van der Waals surface area contributed by atoms with Crippen LogP contribution in [0.15, 0.2) is 0 Å². The Hall–Kier alpha value is 0.806. The molecular formula is C9H15BrMg. The Balaban J connectivity index is -0.000000320. The van der Waals surface area contributed by atoms with Crippen LogP contribution in [0.2, 0.25) is 0 Å². The summed E-state index contributed by atoms with van der Waals surface area (Å²) < 4.78 is 0. The Kier molecular flexibility index (Phi) is 27.6. The average Bonchev–Trinajstić information content (AvgIpc) is 1.89.